The molecule has 2 N–H and O–H groups in total. The maximum Gasteiger partial charge on any atom is 0.314 e. The van der Waals surface area contributed by atoms with Crippen molar-refractivity contribution in [3.63, 3.8) is 0 Å². The fourth-order valence-corrected chi connectivity index (χ4v) is 2.49. The van der Waals surface area contributed by atoms with Gasteiger partial charge < -0.3 is 10.2 Å². The Morgan fingerprint density at radius 1 is 1.11 bits per heavy atom. The second-order valence-electron chi connectivity index (χ2n) is 5.54. The smallest absolute Gasteiger partial charge is 0.314 e. The summed E-state index contributed by atoms with van der Waals surface area (Å²) in [5, 5.41) is 19.2. The molecule has 0 aliphatic rings. The summed E-state index contributed by atoms with van der Waals surface area (Å²) < 4.78 is 30.0. The molecule has 0 saturated heterocycles. The minimum atomic E-state index is -2.84. The van der Waals surface area contributed by atoms with Crippen LogP contribution in [0.5, 0.6) is 0 Å². The van der Waals surface area contributed by atoms with Crippen molar-refractivity contribution in [2.75, 3.05) is 5.73 Å². The number of nitrogens with zero attached hydrogens (tertiary/aromatic N) is 8. The molecule has 0 saturated carbocycles. The monoisotopic (exact) mass is 405 g/mol. The van der Waals surface area contributed by atoms with E-state index < -0.39 is 12.3 Å². The Morgan fingerprint density at radius 3 is 2.57 bits per heavy atom. The number of anilines is 1. The van der Waals surface area contributed by atoms with E-state index in [1.807, 2.05) is 0 Å². The molecule has 4 aromatic rings. The second kappa shape index (κ2) is 7.23. The van der Waals surface area contributed by atoms with Gasteiger partial charge in [0.1, 0.15) is 0 Å². The molecule has 0 bridgehead atoms. The zero-order chi connectivity index (χ0) is 19.7. The first-order valence-electron chi connectivity index (χ1n) is 7.75. The van der Waals surface area contributed by atoms with Crippen LogP contribution in [-0.2, 0) is 6.54 Å². The highest BCUT2D eigenvalue weighted by atomic mass is 35.5. The van der Waals surface area contributed by atoms with Crippen molar-refractivity contribution in [3.05, 3.63) is 47.1 Å². The summed E-state index contributed by atoms with van der Waals surface area (Å²) in [4.78, 5) is 9.37. The third-order valence-electron chi connectivity index (χ3n) is 3.56. The van der Waals surface area contributed by atoms with Gasteiger partial charge in [0.15, 0.2) is 0 Å². The van der Waals surface area contributed by atoms with Gasteiger partial charge in [0.05, 0.1) is 24.6 Å². The Bertz CT molecular complexity index is 1110. The number of tetrazole rings is 1. The number of rotatable bonds is 5. The fraction of sp³-hybridized carbons (Fsp3) is 0.133. The zero-order valence-corrected chi connectivity index (χ0v) is 14.6. The van der Waals surface area contributed by atoms with Crippen LogP contribution in [0.1, 0.15) is 17.9 Å². The number of aromatic nitrogens is 8. The molecule has 3 aromatic heterocycles. The highest BCUT2D eigenvalue weighted by Gasteiger charge is 2.18. The van der Waals surface area contributed by atoms with Gasteiger partial charge in [-0.1, -0.05) is 17.7 Å². The molecule has 0 unspecified atom stereocenters. The average Bonchev–Trinajstić information content (AvgIpc) is 3.34. The lowest BCUT2D eigenvalue weighted by Gasteiger charge is -2.04. The van der Waals surface area contributed by atoms with Gasteiger partial charge in [-0.15, -0.1) is 20.4 Å². The van der Waals surface area contributed by atoms with Gasteiger partial charge in [0.25, 0.3) is 5.89 Å². The van der Waals surface area contributed by atoms with Gasteiger partial charge in [-0.3, -0.25) is 0 Å². The van der Waals surface area contributed by atoms with Crippen LogP contribution in [0.15, 0.2) is 35.0 Å². The van der Waals surface area contributed by atoms with Crippen molar-refractivity contribution >= 4 is 17.3 Å². The Kier molecular flexibility index (Phi) is 4.61. The van der Waals surface area contributed by atoms with Gasteiger partial charge in [0.2, 0.25) is 17.5 Å². The Hall–Kier alpha value is -3.54. The van der Waals surface area contributed by atoms with Gasteiger partial charge in [0, 0.05) is 10.6 Å². The maximum absolute atomic E-state index is 12.6. The Balaban J connectivity index is 1.53. The predicted octanol–water partition coefficient (Wildman–Crippen LogP) is 2.40. The van der Waals surface area contributed by atoms with E-state index in [4.69, 9.17) is 21.8 Å². The van der Waals surface area contributed by atoms with Crippen molar-refractivity contribution < 1.29 is 13.2 Å². The average molecular weight is 406 g/mol. The van der Waals surface area contributed by atoms with Crippen LogP contribution >= 0.6 is 11.6 Å². The fourth-order valence-electron chi connectivity index (χ4n) is 2.25. The van der Waals surface area contributed by atoms with Gasteiger partial charge in [-0.25, -0.2) is 9.97 Å². The van der Waals surface area contributed by atoms with Crippen molar-refractivity contribution in [1.82, 2.24) is 40.4 Å². The first-order chi connectivity index (χ1) is 13.5. The molecule has 0 atom stereocenters. The molecule has 0 amide bonds. The van der Waals surface area contributed by atoms with Crippen LogP contribution in [0.25, 0.3) is 23.1 Å². The SMILES string of the molecule is Nc1cnc(-c2nnn(Cc3ccc(-c4nnc(C(F)F)o4)cc3Cl)n2)nc1. The number of hydrogen-bond donors (Lipinski definition) is 1. The molecule has 13 heteroatoms. The lowest BCUT2D eigenvalue weighted by atomic mass is 10.1. The van der Waals surface area contributed by atoms with E-state index in [1.54, 1.807) is 12.1 Å². The maximum atomic E-state index is 12.6. The molecule has 4 rings (SSSR count). The molecule has 1 aromatic carbocycles. The molecule has 3 heterocycles. The molecule has 0 aliphatic carbocycles. The van der Waals surface area contributed by atoms with E-state index >= 15 is 0 Å². The number of alkyl halides is 2. The van der Waals surface area contributed by atoms with Crippen molar-refractivity contribution in [1.29, 1.82) is 0 Å². The van der Waals surface area contributed by atoms with E-state index in [0.29, 0.717) is 21.8 Å². The largest absolute Gasteiger partial charge is 0.415 e. The van der Waals surface area contributed by atoms with E-state index in [9.17, 15) is 8.78 Å². The summed E-state index contributed by atoms with van der Waals surface area (Å²) in [5.41, 5.74) is 7.05. The van der Waals surface area contributed by atoms with Crippen LogP contribution < -0.4 is 5.73 Å². The van der Waals surface area contributed by atoms with Gasteiger partial charge in [-0.05, 0) is 22.9 Å². The van der Waals surface area contributed by atoms with E-state index in [0.717, 1.165) is 0 Å². The molecular weight excluding hydrogens is 396 g/mol. The van der Waals surface area contributed by atoms with Crippen molar-refractivity contribution in [2.45, 2.75) is 13.0 Å². The van der Waals surface area contributed by atoms with E-state index in [2.05, 4.69) is 35.6 Å². The van der Waals surface area contributed by atoms with E-state index in [1.165, 1.54) is 23.3 Å². The first kappa shape index (κ1) is 17.9. The highest BCUT2D eigenvalue weighted by molar-refractivity contribution is 6.31. The van der Waals surface area contributed by atoms with Gasteiger partial charge in [-0.2, -0.15) is 13.6 Å². The number of halogens is 3. The standard InChI is InChI=1S/C15H10ClF2N9O/c16-10-3-7(14-23-24-15(28-14)11(17)18)1-2-8(10)6-27-25-13(22-26-27)12-20-4-9(19)5-21-12/h1-5,11H,6,19H2. The van der Waals surface area contributed by atoms with E-state index in [-0.39, 0.29) is 24.1 Å². The molecule has 142 valence electrons. The molecule has 0 spiro atoms. The van der Waals surface area contributed by atoms with Crippen LogP contribution in [0.2, 0.25) is 5.02 Å². The highest BCUT2D eigenvalue weighted by Crippen LogP contribution is 2.27. The Morgan fingerprint density at radius 2 is 1.89 bits per heavy atom. The van der Waals surface area contributed by atoms with Crippen LogP contribution in [0, 0.1) is 0 Å². The lowest BCUT2D eigenvalue weighted by Crippen LogP contribution is -2.05. The summed E-state index contributed by atoms with van der Waals surface area (Å²) in [6.45, 7) is 0.215. The predicted molar refractivity (Wildman–Crippen MR) is 92.1 cm³/mol. The van der Waals surface area contributed by atoms with Gasteiger partial charge >= 0.3 is 6.43 Å². The summed E-state index contributed by atoms with van der Waals surface area (Å²) in [7, 11) is 0. The number of nitrogens with two attached hydrogens (primary N) is 1. The second-order valence-corrected chi connectivity index (χ2v) is 5.94. The topological polar surface area (TPSA) is 134 Å². The third-order valence-corrected chi connectivity index (χ3v) is 3.92. The van der Waals surface area contributed by atoms with Crippen LogP contribution in [-0.4, -0.2) is 40.4 Å². The molecule has 10 nitrogen and oxygen atoms in total. The normalized spacial score (nSPS) is 11.3. The summed E-state index contributed by atoms with van der Waals surface area (Å²) in [6, 6.07) is 4.82. The molecule has 0 radical (unpaired) electrons. The van der Waals surface area contributed by atoms with Crippen molar-refractivity contribution in [2.24, 2.45) is 0 Å². The van der Waals surface area contributed by atoms with Crippen molar-refractivity contribution in [3.8, 4) is 23.1 Å². The quantitative estimate of drug-likeness (QED) is 0.530. The molecular formula is C15H10ClF2N9O. The third kappa shape index (κ3) is 3.62. The first-order valence-corrected chi connectivity index (χ1v) is 8.13. The number of nitrogen functional groups attached to an aromatic ring is 1. The lowest BCUT2D eigenvalue weighted by molar-refractivity contribution is 0.116. The summed E-state index contributed by atoms with van der Waals surface area (Å²) in [6.07, 6.45) is 0.0409. The number of hydrogen-bond acceptors (Lipinski definition) is 9. The minimum Gasteiger partial charge on any atom is -0.415 e. The Labute approximate surface area is 160 Å². The van der Waals surface area contributed by atoms with Crippen LogP contribution in [0.4, 0.5) is 14.5 Å². The summed E-state index contributed by atoms with van der Waals surface area (Å²) in [5.74, 6) is -0.281. The van der Waals surface area contributed by atoms with Crippen LogP contribution in [0.3, 0.4) is 0 Å². The minimum absolute atomic E-state index is 0.0505. The molecule has 0 fully saturated rings. The zero-order valence-electron chi connectivity index (χ0n) is 13.9. The number of benzene rings is 1. The molecule has 0 aliphatic heterocycles. The molecule has 28 heavy (non-hydrogen) atoms. The summed E-state index contributed by atoms with van der Waals surface area (Å²) >= 11 is 6.27.